The molecule has 0 aliphatic rings. The summed E-state index contributed by atoms with van der Waals surface area (Å²) in [6, 6.07) is 11.7. The van der Waals surface area contributed by atoms with E-state index in [1.807, 2.05) is 13.8 Å². The highest BCUT2D eigenvalue weighted by atomic mass is 19.1. The molecule has 0 spiro atoms. The summed E-state index contributed by atoms with van der Waals surface area (Å²) in [4.78, 5) is 16.4. The van der Waals surface area contributed by atoms with Crippen molar-refractivity contribution < 1.29 is 13.7 Å². The lowest BCUT2D eigenvalue weighted by Gasteiger charge is -2.08. The molecule has 1 aromatic heterocycles. The van der Waals surface area contributed by atoms with E-state index >= 15 is 0 Å². The number of carbonyl (C=O) groups excluding carboxylic acids is 1. The van der Waals surface area contributed by atoms with E-state index in [-0.39, 0.29) is 23.7 Å². The van der Waals surface area contributed by atoms with Gasteiger partial charge >= 0.3 is 0 Å². The number of aromatic nitrogens is 2. The Morgan fingerprint density at radius 1 is 1.16 bits per heavy atom. The molecule has 2 aromatic carbocycles. The Morgan fingerprint density at radius 2 is 1.96 bits per heavy atom. The molecule has 0 saturated carbocycles. The van der Waals surface area contributed by atoms with Gasteiger partial charge in [-0.25, -0.2) is 4.39 Å². The molecule has 0 atom stereocenters. The number of halogens is 1. The van der Waals surface area contributed by atoms with E-state index < -0.39 is 0 Å². The molecule has 3 rings (SSSR count). The van der Waals surface area contributed by atoms with Gasteiger partial charge in [0, 0.05) is 22.7 Å². The Labute approximate surface area is 144 Å². The minimum absolute atomic E-state index is 0.0457. The summed E-state index contributed by atoms with van der Waals surface area (Å²) in [5.41, 5.74) is 2.22. The van der Waals surface area contributed by atoms with Crippen LogP contribution in [0, 0.1) is 12.7 Å². The third-order valence-corrected chi connectivity index (χ3v) is 3.65. The van der Waals surface area contributed by atoms with Crippen molar-refractivity contribution in [1.82, 2.24) is 15.5 Å². The lowest BCUT2D eigenvalue weighted by molar-refractivity contribution is 0.0943. The van der Waals surface area contributed by atoms with Crippen LogP contribution in [0.4, 0.5) is 4.39 Å². The first-order chi connectivity index (χ1) is 11.9. The Kier molecular flexibility index (Phi) is 4.61. The first-order valence-electron chi connectivity index (χ1n) is 7.95. The Hall–Kier alpha value is -3.02. The normalized spacial score (nSPS) is 10.9. The standard InChI is InChI=1S/C19H18FN3O2/c1-11(2)21-18(24)14-6-4-5-13(9-14)17-22-19(25-23-17)15-8-7-12(3)16(20)10-15/h4-11H,1-3H3,(H,21,24). The molecule has 0 aliphatic heterocycles. The largest absolute Gasteiger partial charge is 0.350 e. The van der Waals surface area contributed by atoms with Crippen LogP contribution in [-0.4, -0.2) is 22.1 Å². The van der Waals surface area contributed by atoms with Gasteiger partial charge in [-0.05, 0) is 50.6 Å². The van der Waals surface area contributed by atoms with Crippen molar-refractivity contribution >= 4 is 5.91 Å². The van der Waals surface area contributed by atoms with Crippen molar-refractivity contribution in [2.45, 2.75) is 26.8 Å². The molecule has 0 radical (unpaired) electrons. The number of carbonyl (C=O) groups is 1. The molecule has 25 heavy (non-hydrogen) atoms. The molecule has 5 nitrogen and oxygen atoms in total. The molecule has 6 heteroatoms. The number of hydrogen-bond donors (Lipinski definition) is 1. The Bertz CT molecular complexity index is 919. The summed E-state index contributed by atoms with van der Waals surface area (Å²) in [5.74, 6) is 0.0758. The maximum atomic E-state index is 13.7. The number of hydrogen-bond acceptors (Lipinski definition) is 4. The number of aryl methyl sites for hydroxylation is 1. The first-order valence-corrected chi connectivity index (χ1v) is 7.95. The fraction of sp³-hybridized carbons (Fsp3) is 0.211. The maximum Gasteiger partial charge on any atom is 0.258 e. The highest BCUT2D eigenvalue weighted by Crippen LogP contribution is 2.24. The van der Waals surface area contributed by atoms with E-state index in [0.29, 0.717) is 28.1 Å². The third-order valence-electron chi connectivity index (χ3n) is 3.65. The summed E-state index contributed by atoms with van der Waals surface area (Å²) in [5, 5.41) is 6.77. The van der Waals surface area contributed by atoms with Gasteiger partial charge in [0.15, 0.2) is 0 Å². The smallest absolute Gasteiger partial charge is 0.258 e. The SMILES string of the molecule is Cc1ccc(-c2nc(-c3cccc(C(=O)NC(C)C)c3)no2)cc1F. The van der Waals surface area contributed by atoms with E-state index in [4.69, 9.17) is 4.52 Å². The number of benzene rings is 2. The molecule has 1 N–H and O–H groups in total. The molecule has 1 amide bonds. The summed E-state index contributed by atoms with van der Waals surface area (Å²) in [6.45, 7) is 5.48. The van der Waals surface area contributed by atoms with Crippen LogP contribution in [0.1, 0.15) is 29.8 Å². The average molecular weight is 339 g/mol. The monoisotopic (exact) mass is 339 g/mol. The van der Waals surface area contributed by atoms with Gasteiger partial charge in [-0.15, -0.1) is 0 Å². The van der Waals surface area contributed by atoms with E-state index in [1.165, 1.54) is 6.07 Å². The lowest BCUT2D eigenvalue weighted by atomic mass is 10.1. The lowest BCUT2D eigenvalue weighted by Crippen LogP contribution is -2.30. The quantitative estimate of drug-likeness (QED) is 0.780. The predicted octanol–water partition coefficient (Wildman–Crippen LogP) is 3.99. The van der Waals surface area contributed by atoms with Crippen molar-refractivity contribution in [3.63, 3.8) is 0 Å². The average Bonchev–Trinajstić information content (AvgIpc) is 3.07. The second kappa shape index (κ2) is 6.84. The van der Waals surface area contributed by atoms with Gasteiger partial charge in [0.1, 0.15) is 5.82 Å². The zero-order chi connectivity index (χ0) is 18.0. The van der Waals surface area contributed by atoms with Crippen molar-refractivity contribution in [3.8, 4) is 22.8 Å². The minimum atomic E-state index is -0.329. The molecular weight excluding hydrogens is 321 g/mol. The van der Waals surface area contributed by atoms with Gasteiger partial charge in [0.05, 0.1) is 0 Å². The van der Waals surface area contributed by atoms with Crippen molar-refractivity contribution in [1.29, 1.82) is 0 Å². The van der Waals surface area contributed by atoms with Gasteiger partial charge in [-0.3, -0.25) is 4.79 Å². The third kappa shape index (κ3) is 3.74. The zero-order valence-corrected chi connectivity index (χ0v) is 14.2. The zero-order valence-electron chi connectivity index (χ0n) is 14.2. The molecular formula is C19H18FN3O2. The minimum Gasteiger partial charge on any atom is -0.350 e. The molecule has 128 valence electrons. The molecule has 0 aliphatic carbocycles. The topological polar surface area (TPSA) is 68.0 Å². The van der Waals surface area contributed by atoms with E-state index in [2.05, 4.69) is 15.5 Å². The van der Waals surface area contributed by atoms with Crippen LogP contribution >= 0.6 is 0 Å². The second-order valence-corrected chi connectivity index (χ2v) is 6.10. The van der Waals surface area contributed by atoms with E-state index in [1.54, 1.807) is 43.3 Å². The second-order valence-electron chi connectivity index (χ2n) is 6.10. The fourth-order valence-corrected chi connectivity index (χ4v) is 2.33. The van der Waals surface area contributed by atoms with Gasteiger partial charge in [0.2, 0.25) is 5.82 Å². The summed E-state index contributed by atoms with van der Waals surface area (Å²) < 4.78 is 18.9. The Balaban J connectivity index is 1.89. The Morgan fingerprint density at radius 3 is 2.68 bits per heavy atom. The van der Waals surface area contributed by atoms with Crippen LogP contribution in [0.15, 0.2) is 47.0 Å². The van der Waals surface area contributed by atoms with Crippen LogP contribution in [0.3, 0.4) is 0 Å². The van der Waals surface area contributed by atoms with Crippen LogP contribution < -0.4 is 5.32 Å². The summed E-state index contributed by atoms with van der Waals surface area (Å²) in [7, 11) is 0. The van der Waals surface area contributed by atoms with Gasteiger partial charge in [-0.1, -0.05) is 23.4 Å². The van der Waals surface area contributed by atoms with Crippen molar-refractivity contribution in [2.24, 2.45) is 0 Å². The molecule has 1 heterocycles. The van der Waals surface area contributed by atoms with Crippen LogP contribution in [0.2, 0.25) is 0 Å². The number of nitrogens with zero attached hydrogens (tertiary/aromatic N) is 2. The van der Waals surface area contributed by atoms with Crippen LogP contribution in [0.5, 0.6) is 0 Å². The highest BCUT2D eigenvalue weighted by molar-refractivity contribution is 5.95. The van der Waals surface area contributed by atoms with Gasteiger partial charge < -0.3 is 9.84 Å². The van der Waals surface area contributed by atoms with Crippen LogP contribution in [0.25, 0.3) is 22.8 Å². The number of amides is 1. The van der Waals surface area contributed by atoms with E-state index in [9.17, 15) is 9.18 Å². The maximum absolute atomic E-state index is 13.7. The van der Waals surface area contributed by atoms with Crippen molar-refractivity contribution in [3.05, 3.63) is 59.4 Å². The molecule has 0 saturated heterocycles. The highest BCUT2D eigenvalue weighted by Gasteiger charge is 2.14. The summed E-state index contributed by atoms with van der Waals surface area (Å²) in [6.07, 6.45) is 0. The van der Waals surface area contributed by atoms with Crippen LogP contribution in [-0.2, 0) is 0 Å². The van der Waals surface area contributed by atoms with Gasteiger partial charge in [0.25, 0.3) is 11.8 Å². The number of rotatable bonds is 4. The fourth-order valence-electron chi connectivity index (χ4n) is 2.33. The first kappa shape index (κ1) is 16.8. The number of nitrogens with one attached hydrogen (secondary N) is 1. The molecule has 0 fully saturated rings. The summed E-state index contributed by atoms with van der Waals surface area (Å²) >= 11 is 0. The predicted molar refractivity (Wildman–Crippen MR) is 92.5 cm³/mol. The van der Waals surface area contributed by atoms with Gasteiger partial charge in [-0.2, -0.15) is 4.98 Å². The van der Waals surface area contributed by atoms with E-state index in [0.717, 1.165) is 0 Å². The molecule has 0 unspecified atom stereocenters. The molecule has 3 aromatic rings. The van der Waals surface area contributed by atoms with Crippen molar-refractivity contribution in [2.75, 3.05) is 0 Å². The molecule has 0 bridgehead atoms.